The molecule has 1 atom stereocenters. The molecule has 2 aromatic carbocycles. The molecule has 146 valence electrons. The molecule has 0 spiro atoms. The second-order valence-corrected chi connectivity index (χ2v) is 8.37. The fraction of sp³-hybridized carbons (Fsp3) is 0.381. The molecule has 0 saturated carbocycles. The summed E-state index contributed by atoms with van der Waals surface area (Å²) in [5, 5.41) is 0. The molecule has 27 heavy (non-hydrogen) atoms. The van der Waals surface area contributed by atoms with Crippen molar-refractivity contribution >= 4 is 13.6 Å². The number of rotatable bonds is 12. The molecule has 6 heteroatoms. The van der Waals surface area contributed by atoms with Crippen molar-refractivity contribution in [2.75, 3.05) is 12.8 Å². The summed E-state index contributed by atoms with van der Waals surface area (Å²) in [7, 11) is -3.56. The van der Waals surface area contributed by atoms with Gasteiger partial charge in [-0.1, -0.05) is 60.7 Å². The van der Waals surface area contributed by atoms with Crippen LogP contribution in [0, 0.1) is 0 Å². The Morgan fingerprint density at radius 2 is 1.52 bits per heavy atom. The van der Waals surface area contributed by atoms with Gasteiger partial charge in [-0.15, -0.1) is 0 Å². The monoisotopic (exact) mass is 390 g/mol. The van der Waals surface area contributed by atoms with E-state index >= 15 is 0 Å². The standard InChI is InChI=1S/C21H27O5P/c22-21(25-18-20-12-5-2-6-13-20)15-7-8-16-26-27(23,24)17-9-14-19-10-3-1-4-11-19/h1-6,10-13H,7-9,14-18H2,(H,23,24). The number of carbonyl (C=O) groups is 1. The van der Waals surface area contributed by atoms with Gasteiger partial charge in [0.1, 0.15) is 6.61 Å². The lowest BCUT2D eigenvalue weighted by molar-refractivity contribution is -0.145. The maximum Gasteiger partial charge on any atom is 0.328 e. The summed E-state index contributed by atoms with van der Waals surface area (Å²) < 4.78 is 22.3. The van der Waals surface area contributed by atoms with Gasteiger partial charge in [0, 0.05) is 6.42 Å². The lowest BCUT2D eigenvalue weighted by Gasteiger charge is -2.12. The molecule has 0 heterocycles. The third-order valence-corrected chi connectivity index (χ3v) is 5.53. The van der Waals surface area contributed by atoms with Gasteiger partial charge in [0.15, 0.2) is 0 Å². The number of carbonyl (C=O) groups excluding carboxylic acids is 1. The van der Waals surface area contributed by atoms with Crippen LogP contribution < -0.4 is 0 Å². The van der Waals surface area contributed by atoms with Crippen LogP contribution in [0.4, 0.5) is 0 Å². The highest BCUT2D eigenvalue weighted by Crippen LogP contribution is 2.42. The van der Waals surface area contributed by atoms with Gasteiger partial charge in [-0.2, -0.15) is 0 Å². The third-order valence-electron chi connectivity index (χ3n) is 4.06. The summed E-state index contributed by atoms with van der Waals surface area (Å²) in [5.41, 5.74) is 2.09. The van der Waals surface area contributed by atoms with E-state index in [-0.39, 0.29) is 31.8 Å². The zero-order valence-electron chi connectivity index (χ0n) is 15.5. The Labute approximate surface area is 160 Å². The van der Waals surface area contributed by atoms with E-state index in [9.17, 15) is 14.3 Å². The first-order valence-corrected chi connectivity index (χ1v) is 11.0. The topological polar surface area (TPSA) is 72.8 Å². The molecule has 0 aromatic heterocycles. The lowest BCUT2D eigenvalue weighted by atomic mass is 10.1. The van der Waals surface area contributed by atoms with E-state index in [2.05, 4.69) is 0 Å². The zero-order chi connectivity index (χ0) is 19.4. The summed E-state index contributed by atoms with van der Waals surface area (Å²) in [6.07, 6.45) is 2.88. The fourth-order valence-corrected chi connectivity index (χ4v) is 3.68. The molecule has 0 amide bonds. The summed E-state index contributed by atoms with van der Waals surface area (Å²) in [4.78, 5) is 21.5. The first-order valence-electron chi connectivity index (χ1n) is 9.25. The number of ether oxygens (including phenoxy) is 1. The lowest BCUT2D eigenvalue weighted by Crippen LogP contribution is -2.05. The Bertz CT molecular complexity index is 718. The van der Waals surface area contributed by atoms with Crippen LogP contribution in [0.25, 0.3) is 0 Å². The van der Waals surface area contributed by atoms with Crippen molar-refractivity contribution in [3.63, 3.8) is 0 Å². The average molecular weight is 390 g/mol. The minimum Gasteiger partial charge on any atom is -0.461 e. The Hall–Kier alpha value is -1.94. The maximum atomic E-state index is 12.0. The molecular weight excluding hydrogens is 363 g/mol. The van der Waals surface area contributed by atoms with Gasteiger partial charge < -0.3 is 14.2 Å². The molecule has 0 aliphatic heterocycles. The van der Waals surface area contributed by atoms with Crippen LogP contribution in [-0.4, -0.2) is 23.6 Å². The highest BCUT2D eigenvalue weighted by molar-refractivity contribution is 7.52. The summed E-state index contributed by atoms with van der Waals surface area (Å²) in [5.74, 6) is -0.270. The van der Waals surface area contributed by atoms with Gasteiger partial charge in [0.05, 0.1) is 12.8 Å². The molecule has 0 radical (unpaired) electrons. The first kappa shape index (κ1) is 21.4. The molecule has 0 bridgehead atoms. The van der Waals surface area contributed by atoms with Crippen LogP contribution in [0.5, 0.6) is 0 Å². The van der Waals surface area contributed by atoms with E-state index in [0.29, 0.717) is 19.3 Å². The highest BCUT2D eigenvalue weighted by atomic mass is 31.2. The van der Waals surface area contributed by atoms with Crippen molar-refractivity contribution in [2.24, 2.45) is 0 Å². The predicted molar refractivity (Wildman–Crippen MR) is 105 cm³/mol. The number of aryl methyl sites for hydroxylation is 1. The van der Waals surface area contributed by atoms with Crippen LogP contribution in [0.2, 0.25) is 0 Å². The molecule has 0 fully saturated rings. The van der Waals surface area contributed by atoms with Crippen molar-refractivity contribution in [2.45, 2.75) is 38.7 Å². The second kappa shape index (κ2) is 11.7. The quantitative estimate of drug-likeness (QED) is 0.322. The van der Waals surface area contributed by atoms with Crippen LogP contribution in [-0.2, 0) is 31.6 Å². The summed E-state index contributed by atoms with van der Waals surface area (Å²) >= 11 is 0. The second-order valence-electron chi connectivity index (χ2n) is 6.39. The van der Waals surface area contributed by atoms with Crippen molar-refractivity contribution in [3.8, 4) is 0 Å². The highest BCUT2D eigenvalue weighted by Gasteiger charge is 2.18. The van der Waals surface area contributed by atoms with E-state index < -0.39 is 7.60 Å². The minimum absolute atomic E-state index is 0.140. The molecule has 0 saturated heterocycles. The average Bonchev–Trinajstić information content (AvgIpc) is 2.67. The van der Waals surface area contributed by atoms with E-state index in [4.69, 9.17) is 9.26 Å². The number of esters is 1. The normalized spacial score (nSPS) is 13.1. The molecule has 5 nitrogen and oxygen atoms in total. The Morgan fingerprint density at radius 1 is 0.889 bits per heavy atom. The molecule has 2 rings (SSSR count). The minimum atomic E-state index is -3.56. The molecule has 2 aromatic rings. The predicted octanol–water partition coefficient (Wildman–Crippen LogP) is 4.73. The maximum absolute atomic E-state index is 12.0. The first-order chi connectivity index (χ1) is 13.1. The van der Waals surface area contributed by atoms with Crippen LogP contribution >= 0.6 is 7.60 Å². The fourth-order valence-electron chi connectivity index (χ4n) is 2.58. The number of unbranched alkanes of at least 4 members (excludes halogenated alkanes) is 1. The van der Waals surface area contributed by atoms with Gasteiger partial charge in [-0.25, -0.2) is 0 Å². The van der Waals surface area contributed by atoms with E-state index in [0.717, 1.165) is 17.5 Å². The zero-order valence-corrected chi connectivity index (χ0v) is 16.4. The van der Waals surface area contributed by atoms with Crippen LogP contribution in [0.15, 0.2) is 60.7 Å². The number of hydrogen-bond acceptors (Lipinski definition) is 4. The van der Waals surface area contributed by atoms with Crippen LogP contribution in [0.1, 0.15) is 36.8 Å². The molecule has 0 aliphatic carbocycles. The molecular formula is C21H27O5P. The van der Waals surface area contributed by atoms with Gasteiger partial charge in [0.2, 0.25) is 0 Å². The van der Waals surface area contributed by atoms with E-state index in [1.807, 2.05) is 60.7 Å². The van der Waals surface area contributed by atoms with Crippen molar-refractivity contribution in [1.82, 2.24) is 0 Å². The molecule has 1 unspecified atom stereocenters. The number of hydrogen-bond donors (Lipinski definition) is 1. The van der Waals surface area contributed by atoms with E-state index in [1.54, 1.807) is 0 Å². The molecule has 0 aliphatic rings. The van der Waals surface area contributed by atoms with E-state index in [1.165, 1.54) is 0 Å². The van der Waals surface area contributed by atoms with Crippen molar-refractivity contribution in [1.29, 1.82) is 0 Å². The van der Waals surface area contributed by atoms with Gasteiger partial charge in [0.25, 0.3) is 0 Å². The third kappa shape index (κ3) is 9.53. The SMILES string of the molecule is O=C(CCCCOP(=O)(O)CCCc1ccccc1)OCc1ccccc1. The van der Waals surface area contributed by atoms with Crippen molar-refractivity contribution < 1.29 is 23.5 Å². The van der Waals surface area contributed by atoms with Gasteiger partial charge in [-0.05, 0) is 36.8 Å². The smallest absolute Gasteiger partial charge is 0.328 e. The summed E-state index contributed by atoms with van der Waals surface area (Å²) in [6, 6.07) is 19.4. The summed E-state index contributed by atoms with van der Waals surface area (Å²) in [6.45, 7) is 0.439. The van der Waals surface area contributed by atoms with Crippen molar-refractivity contribution in [3.05, 3.63) is 71.8 Å². The van der Waals surface area contributed by atoms with Gasteiger partial charge >= 0.3 is 13.6 Å². The Morgan fingerprint density at radius 3 is 2.19 bits per heavy atom. The largest absolute Gasteiger partial charge is 0.461 e. The Balaban J connectivity index is 1.52. The Kier molecular flexibility index (Phi) is 9.26. The van der Waals surface area contributed by atoms with Gasteiger partial charge in [-0.3, -0.25) is 9.36 Å². The van der Waals surface area contributed by atoms with Crippen LogP contribution in [0.3, 0.4) is 0 Å². The number of benzene rings is 2. The molecule has 1 N–H and O–H groups in total.